The lowest BCUT2D eigenvalue weighted by atomic mass is 10.1. The topological polar surface area (TPSA) is 38.9 Å². The highest BCUT2D eigenvalue weighted by molar-refractivity contribution is 7.98. The quantitative estimate of drug-likeness (QED) is 0.718. The molecule has 1 aromatic heterocycles. The molecule has 0 amide bonds. The molecule has 106 valence electrons. The van der Waals surface area contributed by atoms with E-state index in [1.807, 2.05) is 30.9 Å². The summed E-state index contributed by atoms with van der Waals surface area (Å²) in [6.45, 7) is 2.01. The molecule has 3 heteroatoms. The number of nitrogens with two attached hydrogens (primary N) is 1. The van der Waals surface area contributed by atoms with E-state index in [0.717, 1.165) is 11.3 Å². The first-order chi connectivity index (χ1) is 10.2. The average Bonchev–Trinajstić information content (AvgIpc) is 2.53. The highest BCUT2D eigenvalue weighted by Gasteiger charge is 2.04. The van der Waals surface area contributed by atoms with Crippen molar-refractivity contribution in [1.82, 2.24) is 4.98 Å². The third-order valence-electron chi connectivity index (χ3n) is 3.49. The number of rotatable bonds is 4. The molecule has 0 radical (unpaired) electrons. The van der Waals surface area contributed by atoms with Gasteiger partial charge < -0.3 is 5.73 Å². The Morgan fingerprint density at radius 1 is 1.10 bits per heavy atom. The van der Waals surface area contributed by atoms with E-state index in [2.05, 4.69) is 53.5 Å². The monoisotopic (exact) mass is 294 g/mol. The largest absolute Gasteiger partial charge is 0.324 e. The van der Waals surface area contributed by atoms with Crippen LogP contribution in [0.2, 0.25) is 0 Å². The van der Waals surface area contributed by atoms with Gasteiger partial charge in [0.1, 0.15) is 0 Å². The summed E-state index contributed by atoms with van der Waals surface area (Å²) in [5, 5.41) is 1.19. The lowest BCUT2D eigenvalue weighted by Gasteiger charge is -2.09. The zero-order chi connectivity index (χ0) is 14.7. The molecule has 0 saturated heterocycles. The van der Waals surface area contributed by atoms with Gasteiger partial charge in [-0.3, -0.25) is 4.98 Å². The first-order valence-electron chi connectivity index (χ1n) is 7.05. The second-order valence-corrected chi connectivity index (χ2v) is 6.19. The first-order valence-corrected chi connectivity index (χ1v) is 8.03. The van der Waals surface area contributed by atoms with Crippen LogP contribution in [0.15, 0.2) is 65.7 Å². The second kappa shape index (κ2) is 6.29. The lowest BCUT2D eigenvalue weighted by Crippen LogP contribution is -2.04. The van der Waals surface area contributed by atoms with E-state index >= 15 is 0 Å². The summed E-state index contributed by atoms with van der Waals surface area (Å²) in [7, 11) is 0. The normalized spacial score (nSPS) is 12.5. The number of aromatic nitrogens is 1. The van der Waals surface area contributed by atoms with E-state index in [1.54, 1.807) is 0 Å². The van der Waals surface area contributed by atoms with Crippen LogP contribution in [0.4, 0.5) is 0 Å². The van der Waals surface area contributed by atoms with E-state index in [4.69, 9.17) is 5.73 Å². The minimum Gasteiger partial charge on any atom is -0.324 e. The molecular formula is C18H18N2S. The summed E-state index contributed by atoms with van der Waals surface area (Å²) in [5.41, 5.74) is 9.48. The summed E-state index contributed by atoms with van der Waals surface area (Å²) in [6, 6.07) is 19.0. The van der Waals surface area contributed by atoms with Crippen LogP contribution in [0.3, 0.4) is 0 Å². The van der Waals surface area contributed by atoms with E-state index in [1.165, 1.54) is 21.4 Å². The highest BCUT2D eigenvalue weighted by Crippen LogP contribution is 2.27. The molecule has 0 aliphatic heterocycles. The molecule has 1 atom stereocenters. The Morgan fingerprint density at radius 3 is 2.76 bits per heavy atom. The molecule has 2 N–H and O–H groups in total. The first kappa shape index (κ1) is 14.1. The maximum absolute atomic E-state index is 5.95. The minimum absolute atomic E-state index is 0.0739. The molecule has 3 rings (SSSR count). The van der Waals surface area contributed by atoms with Crippen molar-refractivity contribution < 1.29 is 0 Å². The van der Waals surface area contributed by atoms with Crippen LogP contribution in [-0.2, 0) is 5.75 Å². The fourth-order valence-corrected chi connectivity index (χ4v) is 3.28. The van der Waals surface area contributed by atoms with Gasteiger partial charge in [0.05, 0.1) is 5.52 Å². The van der Waals surface area contributed by atoms with Crippen LogP contribution in [0.25, 0.3) is 10.9 Å². The predicted molar refractivity (Wildman–Crippen MR) is 90.3 cm³/mol. The number of benzene rings is 2. The van der Waals surface area contributed by atoms with Gasteiger partial charge in [0.15, 0.2) is 0 Å². The lowest BCUT2D eigenvalue weighted by molar-refractivity contribution is 0.815. The Labute approximate surface area is 129 Å². The van der Waals surface area contributed by atoms with Crippen molar-refractivity contribution in [3.63, 3.8) is 0 Å². The van der Waals surface area contributed by atoms with Gasteiger partial charge in [-0.15, -0.1) is 11.8 Å². The number of nitrogens with zero attached hydrogens (tertiary/aromatic N) is 1. The van der Waals surface area contributed by atoms with Gasteiger partial charge in [0.25, 0.3) is 0 Å². The molecule has 0 aliphatic carbocycles. The standard InChI is InChI=1S/C18H18N2S/c1-13(19)15-6-3-9-17(11-15)21-12-16-7-2-5-14-8-4-10-20-18(14)16/h2-11,13H,12,19H2,1H3. The van der Waals surface area contributed by atoms with Crippen molar-refractivity contribution in [3.8, 4) is 0 Å². The molecule has 21 heavy (non-hydrogen) atoms. The maximum Gasteiger partial charge on any atom is 0.0742 e. The molecule has 0 spiro atoms. The average molecular weight is 294 g/mol. The Morgan fingerprint density at radius 2 is 1.90 bits per heavy atom. The van der Waals surface area contributed by atoms with Gasteiger partial charge in [-0.05, 0) is 36.2 Å². The second-order valence-electron chi connectivity index (χ2n) is 5.14. The maximum atomic E-state index is 5.95. The number of fused-ring (bicyclic) bond motifs is 1. The third-order valence-corrected chi connectivity index (χ3v) is 4.54. The summed E-state index contributed by atoms with van der Waals surface area (Å²) in [5.74, 6) is 0.913. The van der Waals surface area contributed by atoms with Crippen molar-refractivity contribution >= 4 is 22.7 Å². The van der Waals surface area contributed by atoms with Crippen molar-refractivity contribution in [2.24, 2.45) is 5.73 Å². The molecule has 0 saturated carbocycles. The smallest absolute Gasteiger partial charge is 0.0742 e. The van der Waals surface area contributed by atoms with E-state index in [0.29, 0.717) is 0 Å². The van der Waals surface area contributed by atoms with Crippen LogP contribution in [-0.4, -0.2) is 4.98 Å². The van der Waals surface area contributed by atoms with Crippen LogP contribution < -0.4 is 5.73 Å². The summed E-state index contributed by atoms with van der Waals surface area (Å²) in [6.07, 6.45) is 1.85. The van der Waals surface area contributed by atoms with Crippen LogP contribution in [0.1, 0.15) is 24.1 Å². The van der Waals surface area contributed by atoms with Gasteiger partial charge in [0, 0.05) is 28.3 Å². The fourth-order valence-electron chi connectivity index (χ4n) is 2.33. The van der Waals surface area contributed by atoms with Crippen molar-refractivity contribution in [2.45, 2.75) is 23.6 Å². The highest BCUT2D eigenvalue weighted by atomic mass is 32.2. The van der Waals surface area contributed by atoms with E-state index < -0.39 is 0 Å². The molecule has 2 aromatic carbocycles. The third kappa shape index (κ3) is 3.26. The molecule has 2 nitrogen and oxygen atoms in total. The molecule has 3 aromatic rings. The van der Waals surface area contributed by atoms with Crippen LogP contribution in [0, 0.1) is 0 Å². The number of thioether (sulfide) groups is 1. The minimum atomic E-state index is 0.0739. The Bertz CT molecular complexity index is 748. The van der Waals surface area contributed by atoms with Gasteiger partial charge in [-0.25, -0.2) is 0 Å². The zero-order valence-electron chi connectivity index (χ0n) is 12.0. The van der Waals surface area contributed by atoms with E-state index in [9.17, 15) is 0 Å². The number of para-hydroxylation sites is 1. The summed E-state index contributed by atoms with van der Waals surface area (Å²) < 4.78 is 0. The Hall–Kier alpha value is -1.84. The van der Waals surface area contributed by atoms with Gasteiger partial charge in [-0.2, -0.15) is 0 Å². The van der Waals surface area contributed by atoms with Crippen LogP contribution in [0.5, 0.6) is 0 Å². The number of hydrogen-bond acceptors (Lipinski definition) is 3. The molecule has 0 fully saturated rings. The van der Waals surface area contributed by atoms with Gasteiger partial charge >= 0.3 is 0 Å². The predicted octanol–water partition coefficient (Wildman–Crippen LogP) is 4.55. The molecule has 1 unspecified atom stereocenters. The number of pyridine rings is 1. The van der Waals surface area contributed by atoms with Crippen molar-refractivity contribution in [3.05, 3.63) is 71.9 Å². The zero-order valence-corrected chi connectivity index (χ0v) is 12.8. The van der Waals surface area contributed by atoms with Crippen molar-refractivity contribution in [2.75, 3.05) is 0 Å². The van der Waals surface area contributed by atoms with Gasteiger partial charge in [0.2, 0.25) is 0 Å². The Balaban J connectivity index is 1.82. The molecule has 1 heterocycles. The molecule has 0 bridgehead atoms. The summed E-state index contributed by atoms with van der Waals surface area (Å²) in [4.78, 5) is 5.75. The van der Waals surface area contributed by atoms with Crippen LogP contribution >= 0.6 is 11.8 Å². The molecular weight excluding hydrogens is 276 g/mol. The Kier molecular flexibility index (Phi) is 4.23. The van der Waals surface area contributed by atoms with E-state index in [-0.39, 0.29) is 6.04 Å². The number of hydrogen-bond donors (Lipinski definition) is 1. The SMILES string of the molecule is CC(N)c1cccc(SCc2cccc3cccnc23)c1. The van der Waals surface area contributed by atoms with Gasteiger partial charge in [-0.1, -0.05) is 36.4 Å². The van der Waals surface area contributed by atoms with Crippen molar-refractivity contribution in [1.29, 1.82) is 0 Å². The fraction of sp³-hybridized carbons (Fsp3) is 0.167. The summed E-state index contributed by atoms with van der Waals surface area (Å²) >= 11 is 1.82. The molecule has 0 aliphatic rings.